The number of hydrogen-bond acceptors (Lipinski definition) is 1. The second kappa shape index (κ2) is 5.07. The molecule has 4 aliphatic rings. The van der Waals surface area contributed by atoms with Gasteiger partial charge in [-0.1, -0.05) is 37.0 Å². The number of ketones is 1. The minimum absolute atomic E-state index is 0.175. The molecule has 1 heteroatoms. The van der Waals surface area contributed by atoms with Crippen LogP contribution in [0.3, 0.4) is 0 Å². The summed E-state index contributed by atoms with van der Waals surface area (Å²) >= 11 is 0. The van der Waals surface area contributed by atoms with Gasteiger partial charge in [-0.05, 0) is 82.5 Å². The van der Waals surface area contributed by atoms with E-state index in [-0.39, 0.29) is 5.41 Å². The van der Waals surface area contributed by atoms with Gasteiger partial charge in [0.25, 0.3) is 0 Å². The molecular formula is C22H32O. The first-order valence-electron chi connectivity index (χ1n) is 9.82. The van der Waals surface area contributed by atoms with Crippen LogP contribution in [0.25, 0.3) is 0 Å². The Morgan fingerprint density at radius 2 is 1.83 bits per heavy atom. The lowest BCUT2D eigenvalue weighted by Crippen LogP contribution is -2.50. The van der Waals surface area contributed by atoms with E-state index in [4.69, 9.17) is 0 Å². The van der Waals surface area contributed by atoms with E-state index in [1.165, 1.54) is 56.1 Å². The summed E-state index contributed by atoms with van der Waals surface area (Å²) in [6, 6.07) is 0. The molecule has 0 aliphatic heterocycles. The minimum Gasteiger partial charge on any atom is -0.293 e. The summed E-state index contributed by atoms with van der Waals surface area (Å²) in [5.74, 6) is 2.86. The van der Waals surface area contributed by atoms with Crippen LogP contribution >= 0.6 is 0 Å². The Morgan fingerprint density at radius 1 is 1.04 bits per heavy atom. The van der Waals surface area contributed by atoms with Gasteiger partial charge in [0.1, 0.15) is 0 Å². The molecule has 1 nitrogen and oxygen atoms in total. The van der Waals surface area contributed by atoms with E-state index >= 15 is 0 Å². The molecule has 0 aromatic heterocycles. The summed E-state index contributed by atoms with van der Waals surface area (Å²) in [7, 11) is 0. The largest absolute Gasteiger partial charge is 0.293 e. The van der Waals surface area contributed by atoms with Crippen LogP contribution in [-0.2, 0) is 4.79 Å². The first kappa shape index (κ1) is 15.7. The Balaban J connectivity index is 1.75. The molecule has 0 spiro atoms. The van der Waals surface area contributed by atoms with Crippen LogP contribution in [0.1, 0.15) is 79.1 Å². The molecule has 4 aliphatic carbocycles. The summed E-state index contributed by atoms with van der Waals surface area (Å²) in [5.41, 5.74) is 4.11. The van der Waals surface area contributed by atoms with E-state index in [2.05, 4.69) is 33.8 Å². The molecule has 0 heterocycles. The second-order valence-corrected chi connectivity index (χ2v) is 9.45. The number of fused-ring (bicyclic) bond motifs is 5. The number of carbonyl (C=O) groups is 1. The average Bonchev–Trinajstić information content (AvgIpc) is 2.79. The van der Waals surface area contributed by atoms with Gasteiger partial charge in [-0.3, -0.25) is 4.79 Å². The molecule has 1 unspecified atom stereocenters. The molecule has 0 saturated heterocycles. The van der Waals surface area contributed by atoms with Crippen molar-refractivity contribution in [1.29, 1.82) is 0 Å². The summed E-state index contributed by atoms with van der Waals surface area (Å²) in [6.45, 7) is 9.03. The van der Waals surface area contributed by atoms with Crippen molar-refractivity contribution < 1.29 is 4.79 Å². The standard InChI is InChI=1S/C22H32O/c1-14(2)17-13-19-16-9-8-15-7-5-6-11-21(15,3)18(16)10-12-22(19,4)20(17)23/h13,15-16,18H,5-12H2,1-4H3/t15?,16-,18+,21+,22+/m1/s1. The quantitative estimate of drug-likeness (QED) is 0.512. The molecule has 3 saturated carbocycles. The molecule has 5 atom stereocenters. The van der Waals surface area contributed by atoms with E-state index in [0.29, 0.717) is 17.1 Å². The minimum atomic E-state index is -0.175. The Hall–Kier alpha value is -0.850. The van der Waals surface area contributed by atoms with Crippen molar-refractivity contribution in [2.75, 3.05) is 0 Å². The molecule has 0 bridgehead atoms. The zero-order valence-electron chi connectivity index (χ0n) is 15.4. The van der Waals surface area contributed by atoms with Gasteiger partial charge in [0.15, 0.2) is 5.78 Å². The summed E-state index contributed by atoms with van der Waals surface area (Å²) in [5, 5.41) is 0. The molecular weight excluding hydrogens is 280 g/mol. The molecule has 23 heavy (non-hydrogen) atoms. The van der Waals surface area contributed by atoms with Crippen LogP contribution < -0.4 is 0 Å². The maximum absolute atomic E-state index is 13.0. The SMILES string of the molecule is CC(C)=C1C=C2[C@@H]3CCC4CCCC[C@]4(C)[C@H]3CC[C@]2(C)C1=O. The molecule has 126 valence electrons. The first-order valence-corrected chi connectivity index (χ1v) is 9.82. The second-order valence-electron chi connectivity index (χ2n) is 9.45. The number of carbonyl (C=O) groups excluding carboxylic acids is 1. The average molecular weight is 312 g/mol. The molecule has 0 radical (unpaired) electrons. The zero-order valence-corrected chi connectivity index (χ0v) is 15.4. The maximum atomic E-state index is 13.0. The fourth-order valence-electron chi connectivity index (χ4n) is 6.74. The van der Waals surface area contributed by atoms with Crippen LogP contribution in [-0.4, -0.2) is 5.78 Å². The van der Waals surface area contributed by atoms with Gasteiger partial charge in [-0.2, -0.15) is 0 Å². The summed E-state index contributed by atoms with van der Waals surface area (Å²) < 4.78 is 0. The Kier molecular flexibility index (Phi) is 3.45. The lowest BCUT2D eigenvalue weighted by Gasteiger charge is -2.58. The predicted molar refractivity (Wildman–Crippen MR) is 95.1 cm³/mol. The monoisotopic (exact) mass is 312 g/mol. The van der Waals surface area contributed by atoms with Crippen LogP contribution in [0.4, 0.5) is 0 Å². The van der Waals surface area contributed by atoms with Gasteiger partial charge in [-0.25, -0.2) is 0 Å². The zero-order chi connectivity index (χ0) is 16.4. The van der Waals surface area contributed by atoms with E-state index < -0.39 is 0 Å². The van der Waals surface area contributed by atoms with E-state index in [9.17, 15) is 4.79 Å². The van der Waals surface area contributed by atoms with Gasteiger partial charge in [0, 0.05) is 5.57 Å². The lowest BCUT2D eigenvalue weighted by atomic mass is 9.46. The predicted octanol–water partition coefficient (Wildman–Crippen LogP) is 5.85. The lowest BCUT2D eigenvalue weighted by molar-refractivity contribution is -0.125. The van der Waals surface area contributed by atoms with Crippen molar-refractivity contribution in [2.24, 2.45) is 28.6 Å². The maximum Gasteiger partial charge on any atom is 0.172 e. The molecule has 4 rings (SSSR count). The molecule has 0 N–H and O–H groups in total. The molecule has 0 aromatic rings. The fourth-order valence-corrected chi connectivity index (χ4v) is 6.74. The fraction of sp³-hybridized carbons (Fsp3) is 0.773. The van der Waals surface area contributed by atoms with Gasteiger partial charge in [0.05, 0.1) is 5.41 Å². The highest BCUT2D eigenvalue weighted by Crippen LogP contribution is 2.64. The van der Waals surface area contributed by atoms with Crippen LogP contribution in [0.2, 0.25) is 0 Å². The normalized spacial score (nSPS) is 45.9. The number of allylic oxidation sites excluding steroid dienone is 4. The number of hydrogen-bond donors (Lipinski definition) is 0. The van der Waals surface area contributed by atoms with Crippen molar-refractivity contribution in [3.63, 3.8) is 0 Å². The van der Waals surface area contributed by atoms with Crippen LogP contribution in [0.5, 0.6) is 0 Å². The van der Waals surface area contributed by atoms with Crippen molar-refractivity contribution in [2.45, 2.75) is 79.1 Å². The van der Waals surface area contributed by atoms with Gasteiger partial charge >= 0.3 is 0 Å². The van der Waals surface area contributed by atoms with Gasteiger partial charge in [-0.15, -0.1) is 0 Å². The molecule has 0 aromatic carbocycles. The highest BCUT2D eigenvalue weighted by molar-refractivity contribution is 6.08. The highest BCUT2D eigenvalue weighted by atomic mass is 16.1. The summed E-state index contributed by atoms with van der Waals surface area (Å²) in [4.78, 5) is 13.0. The third-order valence-electron chi connectivity index (χ3n) is 8.19. The Morgan fingerprint density at radius 3 is 2.57 bits per heavy atom. The highest BCUT2D eigenvalue weighted by Gasteiger charge is 2.57. The van der Waals surface area contributed by atoms with Crippen LogP contribution in [0, 0.1) is 28.6 Å². The van der Waals surface area contributed by atoms with E-state index in [0.717, 1.165) is 23.8 Å². The third-order valence-corrected chi connectivity index (χ3v) is 8.19. The number of Topliss-reactive ketones (excluding diaryl/α,β-unsaturated/α-hetero) is 1. The van der Waals surface area contributed by atoms with Crippen molar-refractivity contribution in [1.82, 2.24) is 0 Å². The Labute approximate surface area is 141 Å². The van der Waals surface area contributed by atoms with E-state index in [1.807, 2.05) is 0 Å². The molecule has 0 amide bonds. The smallest absolute Gasteiger partial charge is 0.172 e. The molecule has 3 fully saturated rings. The van der Waals surface area contributed by atoms with Crippen molar-refractivity contribution >= 4 is 5.78 Å². The van der Waals surface area contributed by atoms with Crippen molar-refractivity contribution in [3.05, 3.63) is 22.8 Å². The third kappa shape index (κ3) is 2.01. The van der Waals surface area contributed by atoms with Crippen LogP contribution in [0.15, 0.2) is 22.8 Å². The van der Waals surface area contributed by atoms with Gasteiger partial charge in [0.2, 0.25) is 0 Å². The first-order chi connectivity index (χ1) is 10.9. The topological polar surface area (TPSA) is 17.1 Å². The Bertz CT molecular complexity index is 605. The van der Waals surface area contributed by atoms with E-state index in [1.54, 1.807) is 0 Å². The van der Waals surface area contributed by atoms with Gasteiger partial charge < -0.3 is 0 Å². The summed E-state index contributed by atoms with van der Waals surface area (Å²) in [6.07, 6.45) is 13.1. The van der Waals surface area contributed by atoms with Crippen molar-refractivity contribution in [3.8, 4) is 0 Å². The number of rotatable bonds is 0.